The van der Waals surface area contributed by atoms with Gasteiger partial charge < -0.3 is 15.6 Å². The summed E-state index contributed by atoms with van der Waals surface area (Å²) < 4.78 is 5.15. The molecule has 0 aromatic heterocycles. The van der Waals surface area contributed by atoms with Gasteiger partial charge in [-0.2, -0.15) is 0 Å². The van der Waals surface area contributed by atoms with Gasteiger partial charge in [-0.25, -0.2) is 0 Å². The van der Waals surface area contributed by atoms with E-state index in [1.807, 2.05) is 0 Å². The van der Waals surface area contributed by atoms with Crippen molar-refractivity contribution in [1.29, 1.82) is 0 Å². The number of nitrogens with two attached hydrogens (primary N) is 1. The molecule has 3 N–H and O–H groups in total. The molecule has 0 amide bonds. The van der Waals surface area contributed by atoms with Crippen molar-refractivity contribution in [2.45, 2.75) is 25.3 Å². The monoisotopic (exact) mass is 209 g/mol. The van der Waals surface area contributed by atoms with Crippen LogP contribution in [0.3, 0.4) is 0 Å². The zero-order valence-corrected chi connectivity index (χ0v) is 8.26. The molecule has 1 atom stereocenters. The molecular weight excluding hydrogens is 194 g/mol. The number of carboxylic acid groups (broad SMARTS) is 1. The highest BCUT2D eigenvalue weighted by Crippen LogP contribution is 2.19. The fourth-order valence-corrected chi connectivity index (χ4v) is 1.44. The zero-order chi connectivity index (χ0) is 8.97. The van der Waals surface area contributed by atoms with Gasteiger partial charge in [0.2, 0.25) is 0 Å². The van der Waals surface area contributed by atoms with E-state index in [4.69, 9.17) is 15.6 Å². The van der Waals surface area contributed by atoms with Gasteiger partial charge in [0.05, 0.1) is 0 Å². The molecule has 0 spiro atoms. The van der Waals surface area contributed by atoms with Gasteiger partial charge >= 0.3 is 5.97 Å². The Morgan fingerprint density at radius 1 is 1.54 bits per heavy atom. The van der Waals surface area contributed by atoms with Gasteiger partial charge in [-0.3, -0.25) is 4.79 Å². The smallest absolute Gasteiger partial charge is 0.320 e. The van der Waals surface area contributed by atoms with Gasteiger partial charge in [-0.1, -0.05) is 0 Å². The first kappa shape index (κ1) is 12.7. The van der Waals surface area contributed by atoms with Crippen molar-refractivity contribution >= 4 is 18.4 Å². The zero-order valence-electron chi connectivity index (χ0n) is 7.44. The van der Waals surface area contributed by atoms with E-state index in [2.05, 4.69) is 0 Å². The van der Waals surface area contributed by atoms with Gasteiger partial charge in [0.25, 0.3) is 0 Å². The van der Waals surface area contributed by atoms with Crippen LogP contribution in [-0.2, 0) is 9.53 Å². The highest BCUT2D eigenvalue weighted by molar-refractivity contribution is 5.85. The number of ether oxygens (including phenoxy) is 1. The maximum atomic E-state index is 10.4. The maximum absolute atomic E-state index is 10.4. The first-order valence-electron chi connectivity index (χ1n) is 4.26. The van der Waals surface area contributed by atoms with Crippen LogP contribution in [0.15, 0.2) is 0 Å². The second kappa shape index (κ2) is 6.18. The quantitative estimate of drug-likeness (QED) is 0.716. The molecule has 0 aliphatic carbocycles. The summed E-state index contributed by atoms with van der Waals surface area (Å²) in [7, 11) is 0. The number of hydrogen-bond acceptors (Lipinski definition) is 3. The van der Waals surface area contributed by atoms with Crippen molar-refractivity contribution in [3.63, 3.8) is 0 Å². The molecule has 5 heteroatoms. The van der Waals surface area contributed by atoms with E-state index >= 15 is 0 Å². The summed E-state index contributed by atoms with van der Waals surface area (Å²) in [5.41, 5.74) is 5.41. The Kier molecular flexibility index (Phi) is 6.03. The molecule has 0 bridgehead atoms. The molecule has 1 fully saturated rings. The van der Waals surface area contributed by atoms with Crippen molar-refractivity contribution in [3.8, 4) is 0 Å². The number of carboxylic acids is 1. The third-order valence-corrected chi connectivity index (χ3v) is 2.25. The standard InChI is InChI=1S/C8H15NO3.ClH/c9-7(8(10)11)5-6-1-3-12-4-2-6;/h6-7H,1-5,9H2,(H,10,11);1H. The van der Waals surface area contributed by atoms with Gasteiger partial charge in [0, 0.05) is 13.2 Å². The highest BCUT2D eigenvalue weighted by atomic mass is 35.5. The Morgan fingerprint density at radius 2 is 2.08 bits per heavy atom. The van der Waals surface area contributed by atoms with E-state index in [0.29, 0.717) is 12.3 Å². The van der Waals surface area contributed by atoms with E-state index in [9.17, 15) is 4.79 Å². The molecule has 1 rings (SSSR count). The minimum atomic E-state index is -0.901. The molecule has 13 heavy (non-hydrogen) atoms. The predicted molar refractivity (Wildman–Crippen MR) is 51.0 cm³/mol. The average Bonchev–Trinajstić information content (AvgIpc) is 2.06. The van der Waals surface area contributed by atoms with Gasteiger partial charge in [-0.05, 0) is 25.2 Å². The minimum Gasteiger partial charge on any atom is -0.480 e. The summed E-state index contributed by atoms with van der Waals surface area (Å²) in [4.78, 5) is 10.4. The normalized spacial score (nSPS) is 20.4. The van der Waals surface area contributed by atoms with E-state index in [1.54, 1.807) is 0 Å². The van der Waals surface area contributed by atoms with Crippen LogP contribution in [0.4, 0.5) is 0 Å². The second-order valence-electron chi connectivity index (χ2n) is 3.24. The van der Waals surface area contributed by atoms with Crippen LogP contribution in [0.2, 0.25) is 0 Å². The Balaban J connectivity index is 0.00000144. The Hall–Kier alpha value is -0.320. The number of aliphatic carboxylic acids is 1. The SMILES string of the molecule is Cl.NC(CC1CCOCC1)C(=O)O. The molecule has 1 aliphatic heterocycles. The lowest BCUT2D eigenvalue weighted by Crippen LogP contribution is -2.33. The molecule has 1 heterocycles. The number of halogens is 1. The lowest BCUT2D eigenvalue weighted by atomic mass is 9.93. The van der Waals surface area contributed by atoms with Crippen molar-refractivity contribution in [1.82, 2.24) is 0 Å². The molecule has 4 nitrogen and oxygen atoms in total. The molecule has 0 aromatic carbocycles. The molecule has 78 valence electrons. The highest BCUT2D eigenvalue weighted by Gasteiger charge is 2.20. The number of carbonyl (C=O) groups is 1. The largest absolute Gasteiger partial charge is 0.480 e. The topological polar surface area (TPSA) is 72.5 Å². The first-order valence-corrected chi connectivity index (χ1v) is 4.26. The summed E-state index contributed by atoms with van der Waals surface area (Å²) >= 11 is 0. The van der Waals surface area contributed by atoms with Crippen molar-refractivity contribution < 1.29 is 14.6 Å². The van der Waals surface area contributed by atoms with E-state index in [0.717, 1.165) is 26.1 Å². The summed E-state index contributed by atoms with van der Waals surface area (Å²) in [6, 6.07) is -0.701. The lowest BCUT2D eigenvalue weighted by molar-refractivity contribution is -0.139. The van der Waals surface area contributed by atoms with Crippen LogP contribution < -0.4 is 5.73 Å². The van der Waals surface area contributed by atoms with E-state index in [1.165, 1.54) is 0 Å². The van der Waals surface area contributed by atoms with Crippen molar-refractivity contribution in [2.24, 2.45) is 11.7 Å². The third-order valence-electron chi connectivity index (χ3n) is 2.25. The van der Waals surface area contributed by atoms with Crippen LogP contribution in [0, 0.1) is 5.92 Å². The van der Waals surface area contributed by atoms with Crippen LogP contribution in [0.1, 0.15) is 19.3 Å². The summed E-state index contributed by atoms with van der Waals surface area (Å²) in [5.74, 6) is -0.466. The van der Waals surface area contributed by atoms with Crippen LogP contribution in [-0.4, -0.2) is 30.3 Å². The van der Waals surface area contributed by atoms with Gasteiger partial charge in [-0.15, -0.1) is 12.4 Å². The maximum Gasteiger partial charge on any atom is 0.320 e. The molecule has 0 aromatic rings. The third kappa shape index (κ3) is 4.45. The molecular formula is C8H16ClNO3. The number of hydrogen-bond donors (Lipinski definition) is 2. The van der Waals surface area contributed by atoms with Gasteiger partial charge in [0.1, 0.15) is 6.04 Å². The van der Waals surface area contributed by atoms with Crippen LogP contribution in [0.25, 0.3) is 0 Å². The lowest BCUT2D eigenvalue weighted by Gasteiger charge is -2.23. The van der Waals surface area contributed by atoms with Crippen molar-refractivity contribution in [3.05, 3.63) is 0 Å². The fraction of sp³-hybridized carbons (Fsp3) is 0.875. The Bertz CT molecular complexity index is 159. The fourth-order valence-electron chi connectivity index (χ4n) is 1.44. The molecule has 0 radical (unpaired) electrons. The summed E-state index contributed by atoms with van der Waals surface area (Å²) in [6.45, 7) is 1.49. The molecule has 0 saturated carbocycles. The summed E-state index contributed by atoms with van der Waals surface area (Å²) in [5, 5.41) is 8.56. The summed E-state index contributed by atoms with van der Waals surface area (Å²) in [6.07, 6.45) is 2.47. The van der Waals surface area contributed by atoms with Crippen LogP contribution in [0.5, 0.6) is 0 Å². The molecule has 1 unspecified atom stereocenters. The number of rotatable bonds is 3. The Labute approximate surface area is 83.9 Å². The predicted octanol–water partition coefficient (Wildman–Crippen LogP) is 0.637. The molecule has 1 saturated heterocycles. The second-order valence-corrected chi connectivity index (χ2v) is 3.24. The van der Waals surface area contributed by atoms with Crippen LogP contribution >= 0.6 is 12.4 Å². The minimum absolute atomic E-state index is 0. The average molecular weight is 210 g/mol. The van der Waals surface area contributed by atoms with Crippen molar-refractivity contribution in [2.75, 3.05) is 13.2 Å². The van der Waals surface area contributed by atoms with E-state index < -0.39 is 12.0 Å². The Morgan fingerprint density at radius 3 is 2.54 bits per heavy atom. The van der Waals surface area contributed by atoms with Gasteiger partial charge in [0.15, 0.2) is 0 Å². The first-order chi connectivity index (χ1) is 5.70. The molecule has 1 aliphatic rings. The van der Waals surface area contributed by atoms with E-state index in [-0.39, 0.29) is 12.4 Å².